The summed E-state index contributed by atoms with van der Waals surface area (Å²) in [6.07, 6.45) is -0.851. The molecule has 29 heavy (non-hydrogen) atoms. The molecular formula is C20H15F3N4OS. The van der Waals surface area contributed by atoms with Crippen LogP contribution in [0.2, 0.25) is 0 Å². The maximum absolute atomic E-state index is 12.7. The van der Waals surface area contributed by atoms with Gasteiger partial charge in [-0.15, -0.1) is 11.3 Å². The number of halogens is 3. The van der Waals surface area contributed by atoms with E-state index in [1.165, 1.54) is 23.5 Å². The lowest BCUT2D eigenvalue weighted by Gasteiger charge is -2.06. The third kappa shape index (κ3) is 4.09. The normalized spacial score (nSPS) is 12.0. The standard InChI is InChI=1S/C20H15F3N4OS/c1-28-15-6-7-17-16(8-15)13(9-24-17)10-25-27-19-26-18(11-29-19)12-2-4-14(5-3-12)20(21,22)23/h2-11,24H,1H3,(H,26,27)/b25-10+. The van der Waals surface area contributed by atoms with Crippen LogP contribution < -0.4 is 10.2 Å². The molecule has 0 bridgehead atoms. The highest BCUT2D eigenvalue weighted by Crippen LogP contribution is 2.32. The van der Waals surface area contributed by atoms with Crippen molar-refractivity contribution in [3.05, 3.63) is 65.2 Å². The van der Waals surface area contributed by atoms with Crippen LogP contribution in [0.5, 0.6) is 5.75 Å². The number of aromatic amines is 1. The van der Waals surface area contributed by atoms with Crippen molar-refractivity contribution in [3.8, 4) is 17.0 Å². The van der Waals surface area contributed by atoms with Crippen LogP contribution in [0.25, 0.3) is 22.2 Å². The molecule has 148 valence electrons. The Kier molecular flexibility index (Phi) is 4.98. The molecule has 0 saturated carbocycles. The molecule has 0 aliphatic heterocycles. The molecule has 0 unspecified atom stereocenters. The summed E-state index contributed by atoms with van der Waals surface area (Å²) in [7, 11) is 1.61. The van der Waals surface area contributed by atoms with Crippen LogP contribution in [0.1, 0.15) is 11.1 Å². The molecule has 2 aromatic heterocycles. The smallest absolute Gasteiger partial charge is 0.416 e. The molecule has 4 rings (SSSR count). The first kappa shape index (κ1) is 19.0. The van der Waals surface area contributed by atoms with Crippen molar-refractivity contribution in [2.75, 3.05) is 12.5 Å². The number of hydrazone groups is 1. The minimum Gasteiger partial charge on any atom is -0.497 e. The number of H-pyrrole nitrogens is 1. The number of anilines is 1. The van der Waals surface area contributed by atoms with Crippen molar-refractivity contribution in [3.63, 3.8) is 0 Å². The Hall–Kier alpha value is -3.33. The van der Waals surface area contributed by atoms with E-state index in [0.29, 0.717) is 16.4 Å². The first-order valence-electron chi connectivity index (χ1n) is 8.51. The van der Waals surface area contributed by atoms with Crippen LogP contribution in [0.4, 0.5) is 18.3 Å². The fourth-order valence-corrected chi connectivity index (χ4v) is 3.47. The number of fused-ring (bicyclic) bond motifs is 1. The van der Waals surface area contributed by atoms with Crippen molar-refractivity contribution < 1.29 is 17.9 Å². The van der Waals surface area contributed by atoms with Crippen molar-refractivity contribution >= 4 is 33.6 Å². The number of methoxy groups -OCH3 is 1. The molecule has 0 aliphatic carbocycles. The van der Waals surface area contributed by atoms with E-state index in [1.807, 2.05) is 24.4 Å². The van der Waals surface area contributed by atoms with Gasteiger partial charge in [0.1, 0.15) is 5.75 Å². The molecule has 9 heteroatoms. The van der Waals surface area contributed by atoms with E-state index in [-0.39, 0.29) is 0 Å². The van der Waals surface area contributed by atoms with E-state index in [1.54, 1.807) is 18.7 Å². The third-order valence-electron chi connectivity index (χ3n) is 4.30. The molecule has 5 nitrogen and oxygen atoms in total. The molecule has 2 N–H and O–H groups in total. The Balaban J connectivity index is 1.47. The summed E-state index contributed by atoms with van der Waals surface area (Å²) >= 11 is 1.32. The van der Waals surface area contributed by atoms with Crippen LogP contribution in [0, 0.1) is 0 Å². The SMILES string of the molecule is COc1ccc2[nH]cc(/C=N/Nc3nc(-c4ccc(C(F)(F)F)cc4)cs3)c2c1. The molecule has 0 atom stereocenters. The van der Waals surface area contributed by atoms with Gasteiger partial charge in [-0.3, -0.25) is 5.43 Å². The second-order valence-electron chi connectivity index (χ2n) is 6.14. The van der Waals surface area contributed by atoms with Crippen molar-refractivity contribution in [2.24, 2.45) is 5.10 Å². The van der Waals surface area contributed by atoms with E-state index in [2.05, 4.69) is 20.5 Å². The van der Waals surface area contributed by atoms with Gasteiger partial charge in [0.2, 0.25) is 5.13 Å². The lowest BCUT2D eigenvalue weighted by atomic mass is 10.1. The molecule has 2 heterocycles. The molecule has 0 aliphatic rings. The number of rotatable bonds is 5. The lowest BCUT2D eigenvalue weighted by Crippen LogP contribution is -2.03. The molecule has 0 fully saturated rings. The molecule has 0 spiro atoms. The highest BCUT2D eigenvalue weighted by Gasteiger charge is 2.30. The van der Waals surface area contributed by atoms with Crippen LogP contribution in [-0.2, 0) is 6.18 Å². The minimum atomic E-state index is -4.35. The first-order chi connectivity index (χ1) is 13.9. The number of hydrogen-bond donors (Lipinski definition) is 2. The van der Waals surface area contributed by atoms with Crippen LogP contribution in [0.3, 0.4) is 0 Å². The number of thiazole rings is 1. The predicted molar refractivity (Wildman–Crippen MR) is 109 cm³/mol. The van der Waals surface area contributed by atoms with Gasteiger partial charge in [0.25, 0.3) is 0 Å². The Morgan fingerprint density at radius 1 is 1.17 bits per heavy atom. The van der Waals surface area contributed by atoms with Crippen molar-refractivity contribution in [1.82, 2.24) is 9.97 Å². The fraction of sp³-hybridized carbons (Fsp3) is 0.100. The quantitative estimate of drug-likeness (QED) is 0.321. The topological polar surface area (TPSA) is 62.3 Å². The molecular weight excluding hydrogens is 401 g/mol. The number of ether oxygens (including phenoxy) is 1. The summed E-state index contributed by atoms with van der Waals surface area (Å²) in [6, 6.07) is 10.6. The van der Waals surface area contributed by atoms with E-state index in [0.717, 1.165) is 34.3 Å². The van der Waals surface area contributed by atoms with Crippen molar-refractivity contribution in [1.29, 1.82) is 0 Å². The molecule has 0 amide bonds. The maximum Gasteiger partial charge on any atom is 0.416 e. The number of nitrogens with one attached hydrogen (secondary N) is 2. The monoisotopic (exact) mass is 416 g/mol. The van der Waals surface area contributed by atoms with Gasteiger partial charge in [0.15, 0.2) is 0 Å². The second kappa shape index (κ2) is 7.59. The summed E-state index contributed by atoms with van der Waals surface area (Å²) < 4.78 is 43.3. The number of hydrogen-bond acceptors (Lipinski definition) is 5. The molecule has 4 aromatic rings. The first-order valence-corrected chi connectivity index (χ1v) is 9.39. The number of alkyl halides is 3. The molecule has 0 radical (unpaired) electrons. The summed E-state index contributed by atoms with van der Waals surface area (Å²) in [5.41, 5.74) is 5.20. The lowest BCUT2D eigenvalue weighted by molar-refractivity contribution is -0.137. The van der Waals surface area contributed by atoms with Gasteiger partial charge in [-0.2, -0.15) is 18.3 Å². The van der Waals surface area contributed by atoms with Gasteiger partial charge in [-0.05, 0) is 30.3 Å². The maximum atomic E-state index is 12.7. The zero-order chi connectivity index (χ0) is 20.4. The Morgan fingerprint density at radius 2 is 1.97 bits per heavy atom. The van der Waals surface area contributed by atoms with Crippen molar-refractivity contribution in [2.45, 2.75) is 6.18 Å². The zero-order valence-corrected chi connectivity index (χ0v) is 15.9. The zero-order valence-electron chi connectivity index (χ0n) is 15.1. The van der Waals surface area contributed by atoms with E-state index >= 15 is 0 Å². The van der Waals surface area contributed by atoms with Gasteiger partial charge in [0.05, 0.1) is 24.6 Å². The van der Waals surface area contributed by atoms with E-state index < -0.39 is 11.7 Å². The van der Waals surface area contributed by atoms with Gasteiger partial charge in [-0.25, -0.2) is 4.98 Å². The molecule has 0 saturated heterocycles. The van der Waals surface area contributed by atoms with Gasteiger partial charge in [-0.1, -0.05) is 12.1 Å². The second-order valence-corrected chi connectivity index (χ2v) is 7.00. The summed E-state index contributed by atoms with van der Waals surface area (Å²) in [5, 5.41) is 7.47. The average molecular weight is 416 g/mol. The Bertz CT molecular complexity index is 1160. The average Bonchev–Trinajstić information content (AvgIpc) is 3.34. The largest absolute Gasteiger partial charge is 0.497 e. The van der Waals surface area contributed by atoms with Crippen LogP contribution in [-0.4, -0.2) is 23.3 Å². The van der Waals surface area contributed by atoms with E-state index in [4.69, 9.17) is 4.74 Å². The van der Waals surface area contributed by atoms with E-state index in [9.17, 15) is 13.2 Å². The Morgan fingerprint density at radius 3 is 2.69 bits per heavy atom. The van der Waals surface area contributed by atoms with Gasteiger partial charge < -0.3 is 9.72 Å². The van der Waals surface area contributed by atoms with Crippen LogP contribution >= 0.6 is 11.3 Å². The number of nitrogens with zero attached hydrogens (tertiary/aromatic N) is 2. The Labute approximate surface area is 167 Å². The minimum absolute atomic E-state index is 0.536. The summed E-state index contributed by atoms with van der Waals surface area (Å²) in [4.78, 5) is 7.53. The highest BCUT2D eigenvalue weighted by molar-refractivity contribution is 7.14. The molecule has 2 aromatic carbocycles. The predicted octanol–water partition coefficient (Wildman–Crippen LogP) is 5.76. The summed E-state index contributed by atoms with van der Waals surface area (Å²) in [5.74, 6) is 0.751. The highest BCUT2D eigenvalue weighted by atomic mass is 32.1. The van der Waals surface area contributed by atoms with Crippen LogP contribution in [0.15, 0.2) is 59.1 Å². The summed E-state index contributed by atoms with van der Waals surface area (Å²) in [6.45, 7) is 0. The number of benzene rings is 2. The number of aromatic nitrogens is 2. The fourth-order valence-electron chi connectivity index (χ4n) is 2.80. The van der Waals surface area contributed by atoms with Gasteiger partial charge in [0, 0.05) is 33.6 Å². The van der Waals surface area contributed by atoms with Gasteiger partial charge >= 0.3 is 6.18 Å². The third-order valence-corrected chi connectivity index (χ3v) is 5.04.